The molecule has 0 spiro atoms. The number of nitrogens with zero attached hydrogens (tertiary/aromatic N) is 2. The molecule has 0 bridgehead atoms. The number of carbonyl (C=O) groups excluding carboxylic acids is 1. The fraction of sp³-hybridized carbons (Fsp3) is 0.750. The Morgan fingerprint density at radius 2 is 1.68 bits per heavy atom. The first-order valence-corrected chi connectivity index (χ1v) is 22.3. The van der Waals surface area contributed by atoms with E-state index >= 15 is 4.39 Å². The largest absolute Gasteiger partial charge is 0.465 e. The van der Waals surface area contributed by atoms with Gasteiger partial charge in [0.05, 0.1) is 18.9 Å². The minimum absolute atomic E-state index is 0.0124. The zero-order valence-corrected chi connectivity index (χ0v) is 34.6. The van der Waals surface area contributed by atoms with Crippen molar-refractivity contribution in [2.75, 3.05) is 52.6 Å². The highest BCUT2D eigenvalue weighted by Gasteiger charge is 2.70. The van der Waals surface area contributed by atoms with Crippen molar-refractivity contribution in [1.82, 2.24) is 14.5 Å². The number of sulfonamides is 1. The maximum Gasteiger partial charge on any atom is 0.340 e. The van der Waals surface area contributed by atoms with Gasteiger partial charge in [-0.15, -0.1) is 0 Å². The van der Waals surface area contributed by atoms with Crippen LogP contribution in [0.3, 0.4) is 0 Å². The van der Waals surface area contributed by atoms with E-state index in [9.17, 15) is 13.2 Å². The quantitative estimate of drug-likeness (QED) is 0.213. The third kappa shape index (κ3) is 6.12. The Morgan fingerprint density at radius 1 is 0.962 bits per heavy atom. The average Bonchev–Trinajstić information content (AvgIpc) is 3.48. The lowest BCUT2D eigenvalue weighted by atomic mass is 9.33. The molecule has 1 aliphatic heterocycles. The van der Waals surface area contributed by atoms with Crippen LogP contribution < -0.4 is 5.32 Å². The number of carbonyl (C=O) groups is 1. The SMILES string of the molecule is C=C(C)[C@@H]1CC[C@]2(NCCN3CCN(S(C)(=O)=O)CC3)CC[C@]3(C)[C@H](CC[C@@H]4[C@@]5(C)CC=C(c6ccc(C(=O)OC)c(F)c6)C(C)(C)[C@@H]5CC[C@]43C)[C@@H]12. The van der Waals surface area contributed by atoms with Crippen LogP contribution >= 0.6 is 0 Å². The Morgan fingerprint density at radius 3 is 2.32 bits per heavy atom. The molecule has 1 heterocycles. The second-order valence-electron chi connectivity index (χ2n) is 19.5. The summed E-state index contributed by atoms with van der Waals surface area (Å²) >= 11 is 0. The molecular formula is C44H66FN3O4S. The Bertz CT molecular complexity index is 1770. The minimum Gasteiger partial charge on any atom is -0.465 e. The van der Waals surface area contributed by atoms with E-state index in [2.05, 4.69) is 64.4 Å². The monoisotopic (exact) mass is 751 g/mol. The van der Waals surface area contributed by atoms with Crippen LogP contribution in [0.15, 0.2) is 36.4 Å². The summed E-state index contributed by atoms with van der Waals surface area (Å²) in [6, 6.07) is 5.04. The Hall–Kier alpha value is -2.07. The summed E-state index contributed by atoms with van der Waals surface area (Å²) in [6.45, 7) is 24.3. The van der Waals surface area contributed by atoms with Gasteiger partial charge in [-0.3, -0.25) is 4.90 Å². The van der Waals surface area contributed by atoms with Crippen LogP contribution in [0.4, 0.5) is 4.39 Å². The number of allylic oxidation sites excluding steroid dienone is 3. The van der Waals surface area contributed by atoms with Crippen molar-refractivity contribution in [3.8, 4) is 0 Å². The first kappa shape index (κ1) is 39.2. The molecule has 0 radical (unpaired) electrons. The number of halogens is 1. The number of fused-ring (bicyclic) bond motifs is 7. The number of hydrogen-bond donors (Lipinski definition) is 1. The van der Waals surface area contributed by atoms with Gasteiger partial charge < -0.3 is 10.1 Å². The number of hydrogen-bond acceptors (Lipinski definition) is 6. The van der Waals surface area contributed by atoms with Gasteiger partial charge in [0, 0.05) is 44.8 Å². The topological polar surface area (TPSA) is 79.0 Å². The predicted molar refractivity (Wildman–Crippen MR) is 211 cm³/mol. The van der Waals surface area contributed by atoms with E-state index in [1.807, 2.05) is 6.07 Å². The maximum atomic E-state index is 15.2. The Balaban J connectivity index is 1.12. The summed E-state index contributed by atoms with van der Waals surface area (Å²) in [4.78, 5) is 14.6. The van der Waals surface area contributed by atoms with Crippen LogP contribution in [0, 0.1) is 57.1 Å². The summed E-state index contributed by atoms with van der Waals surface area (Å²) in [5.74, 6) is 1.71. The molecule has 294 valence electrons. The van der Waals surface area contributed by atoms with E-state index in [4.69, 9.17) is 4.74 Å². The van der Waals surface area contributed by atoms with Gasteiger partial charge in [0.1, 0.15) is 5.82 Å². The van der Waals surface area contributed by atoms with E-state index < -0.39 is 21.8 Å². The van der Waals surface area contributed by atoms with Crippen LogP contribution in [0.25, 0.3) is 5.57 Å². The summed E-state index contributed by atoms with van der Waals surface area (Å²) in [5.41, 5.74) is 4.04. The lowest BCUT2D eigenvalue weighted by Crippen LogP contribution is -2.68. The number of piperazine rings is 1. The third-order valence-electron chi connectivity index (χ3n) is 17.0. The summed E-state index contributed by atoms with van der Waals surface area (Å²) in [7, 11) is -1.84. The van der Waals surface area contributed by atoms with Crippen molar-refractivity contribution in [3.63, 3.8) is 0 Å². The summed E-state index contributed by atoms with van der Waals surface area (Å²) < 4.78 is 45.8. The average molecular weight is 752 g/mol. The standard InChI is InChI=1S/C44H66FN3O4S/c1-29(2)31-14-19-44(46-22-23-47-24-26-48(27-25-47)53(9,50)51)21-20-42(6)34(38(31)44)12-13-37-41(5)17-15-33(40(3,4)36(41)16-18-43(37,42)7)30-10-11-32(35(45)28-30)39(49)52-8/h10-11,15,28,31,34,36-38,46H,1,12-14,16-27H2,2-9H3/t31-,34+,36-,37+,38+,41-,42+,43+,44-/m0/s1. The van der Waals surface area contributed by atoms with Crippen LogP contribution in [0.5, 0.6) is 0 Å². The van der Waals surface area contributed by atoms with E-state index in [0.29, 0.717) is 42.7 Å². The normalized spacial score (nSPS) is 39.9. The molecule has 1 saturated heterocycles. The van der Waals surface area contributed by atoms with Crippen LogP contribution in [-0.2, 0) is 14.8 Å². The van der Waals surface area contributed by atoms with Gasteiger partial charge >= 0.3 is 5.97 Å². The van der Waals surface area contributed by atoms with E-state index in [-0.39, 0.29) is 32.8 Å². The highest BCUT2D eigenvalue weighted by molar-refractivity contribution is 7.88. The molecule has 7 nitrogen and oxygen atoms in total. The van der Waals surface area contributed by atoms with Crippen molar-refractivity contribution in [2.24, 2.45) is 51.2 Å². The van der Waals surface area contributed by atoms with Crippen molar-refractivity contribution >= 4 is 21.6 Å². The predicted octanol–water partition coefficient (Wildman–Crippen LogP) is 8.18. The lowest BCUT2D eigenvalue weighted by molar-refractivity contribution is -0.219. The van der Waals surface area contributed by atoms with Crippen LogP contribution in [-0.4, -0.2) is 81.8 Å². The van der Waals surface area contributed by atoms with Gasteiger partial charge in [-0.25, -0.2) is 17.6 Å². The maximum absolute atomic E-state index is 15.2. The van der Waals surface area contributed by atoms with Crippen molar-refractivity contribution < 1.29 is 22.3 Å². The Labute approximate surface area is 319 Å². The molecule has 1 aromatic carbocycles. The number of methoxy groups -OCH3 is 1. The zero-order chi connectivity index (χ0) is 38.4. The van der Waals surface area contributed by atoms with Gasteiger partial charge in [-0.1, -0.05) is 58.9 Å². The molecule has 7 rings (SSSR count). The van der Waals surface area contributed by atoms with Crippen LogP contribution in [0.1, 0.15) is 115 Å². The fourth-order valence-electron chi connectivity index (χ4n) is 14.3. The van der Waals surface area contributed by atoms with Gasteiger partial charge in [0.2, 0.25) is 10.0 Å². The third-order valence-corrected chi connectivity index (χ3v) is 18.3. The van der Waals surface area contributed by atoms with Gasteiger partial charge in [-0.05, 0) is 139 Å². The molecule has 4 saturated carbocycles. The number of ether oxygens (including phenoxy) is 1. The van der Waals surface area contributed by atoms with Crippen molar-refractivity contribution in [1.29, 1.82) is 0 Å². The molecule has 1 N–H and O–H groups in total. The summed E-state index contributed by atoms with van der Waals surface area (Å²) in [6.07, 6.45) is 14.6. The molecule has 5 aliphatic carbocycles. The molecule has 53 heavy (non-hydrogen) atoms. The number of nitrogens with one attached hydrogen (secondary N) is 1. The number of esters is 1. The van der Waals surface area contributed by atoms with Crippen LogP contribution in [0.2, 0.25) is 0 Å². The highest BCUT2D eigenvalue weighted by Crippen LogP contribution is 2.76. The molecule has 9 heteroatoms. The smallest absolute Gasteiger partial charge is 0.340 e. The highest BCUT2D eigenvalue weighted by atomic mass is 32.2. The minimum atomic E-state index is -3.13. The van der Waals surface area contributed by atoms with Gasteiger partial charge in [0.25, 0.3) is 0 Å². The van der Waals surface area contributed by atoms with Crippen molar-refractivity contribution in [3.05, 3.63) is 53.4 Å². The first-order chi connectivity index (χ1) is 24.8. The number of benzene rings is 1. The van der Waals surface area contributed by atoms with E-state index in [1.54, 1.807) is 16.4 Å². The molecule has 1 aromatic rings. The van der Waals surface area contributed by atoms with Crippen molar-refractivity contribution in [2.45, 2.75) is 105 Å². The molecule has 5 fully saturated rings. The molecule has 0 unspecified atom stereocenters. The molecule has 9 atom stereocenters. The second-order valence-corrected chi connectivity index (χ2v) is 21.5. The zero-order valence-electron chi connectivity index (χ0n) is 33.8. The van der Waals surface area contributed by atoms with E-state index in [0.717, 1.165) is 38.2 Å². The fourth-order valence-corrected chi connectivity index (χ4v) is 15.1. The van der Waals surface area contributed by atoms with Gasteiger partial charge in [-0.2, -0.15) is 4.31 Å². The molecule has 6 aliphatic rings. The number of rotatable bonds is 8. The Kier molecular flexibility index (Phi) is 10.0. The van der Waals surface area contributed by atoms with Gasteiger partial charge in [0.15, 0.2) is 0 Å². The lowest BCUT2D eigenvalue weighted by Gasteiger charge is -2.72. The first-order valence-electron chi connectivity index (χ1n) is 20.5. The molecule has 0 amide bonds. The molecule has 0 aromatic heterocycles. The summed E-state index contributed by atoms with van der Waals surface area (Å²) in [5, 5.41) is 4.23. The molecular weight excluding hydrogens is 686 g/mol. The van der Waals surface area contributed by atoms with E-state index in [1.165, 1.54) is 75.9 Å². The second kappa shape index (κ2) is 13.5.